The van der Waals surface area contributed by atoms with Gasteiger partial charge in [-0.25, -0.2) is 4.79 Å². The highest BCUT2D eigenvalue weighted by Crippen LogP contribution is 2.31. The van der Waals surface area contributed by atoms with E-state index in [0.717, 1.165) is 10.0 Å². The summed E-state index contributed by atoms with van der Waals surface area (Å²) in [5, 5.41) is 20.3. The summed E-state index contributed by atoms with van der Waals surface area (Å²) in [4.78, 5) is 35.5. The van der Waals surface area contributed by atoms with Crippen molar-refractivity contribution < 1.29 is 19.6 Å². The number of carbonyl (C=O) groups excluding carboxylic acids is 1. The molecule has 0 saturated heterocycles. The van der Waals surface area contributed by atoms with Gasteiger partial charge in [-0.1, -0.05) is 46.3 Å². The zero-order valence-corrected chi connectivity index (χ0v) is 20.3. The predicted octanol–water partition coefficient (Wildman–Crippen LogP) is 6.98. The summed E-state index contributed by atoms with van der Waals surface area (Å²) in [5.74, 6) is -0.863. The van der Waals surface area contributed by atoms with Crippen molar-refractivity contribution in [3.8, 4) is 0 Å². The molecule has 0 fully saturated rings. The number of carboxylic acid groups (broad SMARTS) is 1. The Balaban J connectivity index is 1.96. The Kier molecular flexibility index (Phi) is 8.00. The number of halogens is 2. The lowest BCUT2D eigenvalue weighted by Gasteiger charge is -2.09. The second-order valence-electron chi connectivity index (χ2n) is 6.60. The number of aromatic carboxylic acids is 1. The van der Waals surface area contributed by atoms with E-state index in [2.05, 4.69) is 31.9 Å². The maximum atomic E-state index is 13.2. The molecule has 3 rings (SSSR count). The van der Waals surface area contributed by atoms with E-state index in [9.17, 15) is 19.7 Å². The first-order chi connectivity index (χ1) is 15.2. The molecule has 0 spiro atoms. The summed E-state index contributed by atoms with van der Waals surface area (Å²) in [6, 6.07) is 18.0. The van der Waals surface area contributed by atoms with Gasteiger partial charge in [0.1, 0.15) is 0 Å². The van der Waals surface area contributed by atoms with E-state index >= 15 is 0 Å². The molecular weight excluding hydrogens is 562 g/mol. The Labute approximate surface area is 204 Å². The van der Waals surface area contributed by atoms with Gasteiger partial charge in [-0.05, 0) is 63.5 Å². The van der Waals surface area contributed by atoms with E-state index in [1.165, 1.54) is 42.1 Å². The van der Waals surface area contributed by atoms with Crippen molar-refractivity contribution in [1.29, 1.82) is 0 Å². The lowest BCUT2D eigenvalue weighted by atomic mass is 10.1. The fourth-order valence-electron chi connectivity index (χ4n) is 2.73. The van der Waals surface area contributed by atoms with Crippen LogP contribution in [-0.4, -0.2) is 21.8 Å². The number of hydrogen-bond acceptors (Lipinski definition) is 5. The van der Waals surface area contributed by atoms with Gasteiger partial charge in [0.2, 0.25) is 0 Å². The molecule has 32 heavy (non-hydrogen) atoms. The van der Waals surface area contributed by atoms with Gasteiger partial charge >= 0.3 is 5.97 Å². The number of rotatable bonds is 8. The topological polar surface area (TPSA) is 97.5 Å². The molecule has 0 saturated carbocycles. The van der Waals surface area contributed by atoms with Crippen molar-refractivity contribution in [2.45, 2.75) is 5.75 Å². The molecule has 0 heterocycles. The molecule has 0 aliphatic rings. The SMILES string of the molecule is O=C(O)c1ccc(C(=O)/C(=C\c2ccc(Br)c([N+](=O)[O-])c2)SCc2ccc(Br)cc2)cc1. The minimum absolute atomic E-state index is 0.0816. The van der Waals surface area contributed by atoms with Crippen LogP contribution in [0.25, 0.3) is 6.08 Å². The first kappa shape index (κ1) is 23.9. The third-order valence-electron chi connectivity index (χ3n) is 4.39. The lowest BCUT2D eigenvalue weighted by molar-refractivity contribution is -0.385. The fraction of sp³-hybridized carbons (Fsp3) is 0.0435. The summed E-state index contributed by atoms with van der Waals surface area (Å²) in [6.45, 7) is 0. The summed E-state index contributed by atoms with van der Waals surface area (Å²) < 4.78 is 1.29. The molecule has 0 aliphatic carbocycles. The van der Waals surface area contributed by atoms with Gasteiger partial charge in [0.15, 0.2) is 5.78 Å². The zero-order chi connectivity index (χ0) is 23.3. The Morgan fingerprint density at radius 2 is 1.59 bits per heavy atom. The van der Waals surface area contributed by atoms with Crippen molar-refractivity contribution >= 4 is 67.1 Å². The van der Waals surface area contributed by atoms with Crippen molar-refractivity contribution in [2.75, 3.05) is 0 Å². The molecule has 0 aliphatic heterocycles. The number of carboxylic acids is 1. The van der Waals surface area contributed by atoms with Crippen molar-refractivity contribution in [3.05, 3.63) is 113 Å². The second kappa shape index (κ2) is 10.7. The number of thioether (sulfide) groups is 1. The van der Waals surface area contributed by atoms with Gasteiger partial charge < -0.3 is 5.11 Å². The molecule has 3 aromatic rings. The van der Waals surface area contributed by atoms with E-state index in [0.29, 0.717) is 26.3 Å². The molecule has 0 atom stereocenters. The van der Waals surface area contributed by atoms with Crippen molar-refractivity contribution in [2.24, 2.45) is 0 Å². The first-order valence-corrected chi connectivity index (χ1v) is 11.7. The van der Waals surface area contributed by atoms with Gasteiger partial charge in [0, 0.05) is 21.9 Å². The number of hydrogen-bond donors (Lipinski definition) is 1. The average Bonchev–Trinajstić information content (AvgIpc) is 2.78. The Bertz CT molecular complexity index is 1210. The molecule has 0 unspecified atom stereocenters. The summed E-state index contributed by atoms with van der Waals surface area (Å²) in [6.07, 6.45) is 1.61. The number of Topliss-reactive ketones (excluding diaryl/α,β-unsaturated/α-hetero) is 1. The van der Waals surface area contributed by atoms with E-state index in [-0.39, 0.29) is 17.0 Å². The number of nitro benzene ring substituents is 1. The van der Waals surface area contributed by atoms with E-state index in [1.54, 1.807) is 18.2 Å². The quantitative estimate of drug-likeness (QED) is 0.134. The number of ketones is 1. The van der Waals surface area contributed by atoms with Crippen LogP contribution in [0.2, 0.25) is 0 Å². The maximum absolute atomic E-state index is 13.2. The smallest absolute Gasteiger partial charge is 0.335 e. The van der Waals surface area contributed by atoms with E-state index in [4.69, 9.17) is 5.11 Å². The predicted molar refractivity (Wildman–Crippen MR) is 132 cm³/mol. The number of nitro groups is 1. The van der Waals surface area contributed by atoms with Crippen molar-refractivity contribution in [3.63, 3.8) is 0 Å². The van der Waals surface area contributed by atoms with Crippen LogP contribution < -0.4 is 0 Å². The van der Waals surface area contributed by atoms with Crippen LogP contribution in [0.15, 0.2) is 80.6 Å². The van der Waals surface area contributed by atoms with Crippen LogP contribution in [0.3, 0.4) is 0 Å². The zero-order valence-electron chi connectivity index (χ0n) is 16.3. The molecule has 3 aromatic carbocycles. The summed E-state index contributed by atoms with van der Waals surface area (Å²) in [5.41, 5.74) is 1.82. The lowest BCUT2D eigenvalue weighted by Crippen LogP contribution is -2.03. The molecule has 162 valence electrons. The van der Waals surface area contributed by atoms with Crippen LogP contribution in [0.4, 0.5) is 5.69 Å². The van der Waals surface area contributed by atoms with Crippen LogP contribution in [0, 0.1) is 10.1 Å². The van der Waals surface area contributed by atoms with Crippen LogP contribution in [0.1, 0.15) is 31.8 Å². The third-order valence-corrected chi connectivity index (χ3v) is 6.68. The number of benzene rings is 3. The van der Waals surface area contributed by atoms with Crippen molar-refractivity contribution in [1.82, 2.24) is 0 Å². The Morgan fingerprint density at radius 1 is 0.969 bits per heavy atom. The molecule has 0 radical (unpaired) electrons. The van der Waals surface area contributed by atoms with Gasteiger partial charge in [0.25, 0.3) is 5.69 Å². The minimum atomic E-state index is -1.08. The number of carbonyl (C=O) groups is 2. The van der Waals surface area contributed by atoms with Crippen LogP contribution in [-0.2, 0) is 5.75 Å². The summed E-state index contributed by atoms with van der Waals surface area (Å²) in [7, 11) is 0. The average molecular weight is 577 g/mol. The fourth-order valence-corrected chi connectivity index (χ4v) is 4.37. The van der Waals surface area contributed by atoms with E-state index < -0.39 is 10.9 Å². The minimum Gasteiger partial charge on any atom is -0.478 e. The van der Waals surface area contributed by atoms with E-state index in [1.807, 2.05) is 24.3 Å². The van der Waals surface area contributed by atoms with Gasteiger partial charge in [0.05, 0.1) is 19.9 Å². The normalized spacial score (nSPS) is 11.2. The third kappa shape index (κ3) is 6.15. The Hall–Kier alpha value is -2.75. The molecular formula is C23H15Br2NO5S. The van der Waals surface area contributed by atoms with Gasteiger partial charge in [-0.3, -0.25) is 14.9 Å². The first-order valence-electron chi connectivity index (χ1n) is 9.15. The summed E-state index contributed by atoms with van der Waals surface area (Å²) >= 11 is 7.86. The van der Waals surface area contributed by atoms with Gasteiger partial charge in [-0.2, -0.15) is 0 Å². The highest BCUT2D eigenvalue weighted by molar-refractivity contribution is 9.10. The largest absolute Gasteiger partial charge is 0.478 e. The van der Waals surface area contributed by atoms with Gasteiger partial charge in [-0.15, -0.1) is 11.8 Å². The molecule has 0 bridgehead atoms. The standard InChI is InChI=1S/C23H15Br2NO5S/c24-18-8-1-14(2-9-18)13-32-21(12-15-3-10-19(25)20(11-15)26(30)31)22(27)16-4-6-17(7-5-16)23(28)29/h1-12H,13H2,(H,28,29)/b21-12+. The Morgan fingerprint density at radius 3 is 2.19 bits per heavy atom. The number of allylic oxidation sites excluding steroid dienone is 1. The van der Waals surface area contributed by atoms with Crippen LogP contribution >= 0.6 is 43.6 Å². The van der Waals surface area contributed by atoms with Crippen LogP contribution in [0.5, 0.6) is 0 Å². The molecule has 0 aromatic heterocycles. The molecule has 6 nitrogen and oxygen atoms in total. The molecule has 0 amide bonds. The highest BCUT2D eigenvalue weighted by Gasteiger charge is 2.17. The second-order valence-corrected chi connectivity index (χ2v) is 9.39. The molecule has 9 heteroatoms. The number of nitrogens with zero attached hydrogens (tertiary/aromatic N) is 1. The molecule has 1 N–H and O–H groups in total. The maximum Gasteiger partial charge on any atom is 0.335 e. The highest BCUT2D eigenvalue weighted by atomic mass is 79.9. The monoisotopic (exact) mass is 575 g/mol.